The fraction of sp³-hybridized carbons (Fsp3) is 0.600. The molecule has 1 heterocycles. The predicted octanol–water partition coefficient (Wildman–Crippen LogP) is 0.333. The zero-order valence-electron chi connectivity index (χ0n) is 8.12. The molecule has 1 amide bonds. The lowest BCUT2D eigenvalue weighted by Gasteiger charge is -2.28. The maximum absolute atomic E-state index is 11.3. The number of likely N-dealkylation sites (tertiary alicyclic amines) is 1. The van der Waals surface area contributed by atoms with E-state index in [0.29, 0.717) is 25.9 Å². The van der Waals surface area contributed by atoms with Crippen molar-refractivity contribution >= 4 is 11.9 Å². The van der Waals surface area contributed by atoms with Crippen LogP contribution in [0.15, 0.2) is 0 Å². The Morgan fingerprint density at radius 1 is 1.71 bits per heavy atom. The van der Waals surface area contributed by atoms with Gasteiger partial charge >= 0.3 is 5.97 Å². The summed E-state index contributed by atoms with van der Waals surface area (Å²) < 4.78 is 0. The molecule has 0 bridgehead atoms. The zero-order valence-corrected chi connectivity index (χ0v) is 8.12. The van der Waals surface area contributed by atoms with Crippen molar-refractivity contribution in [3.05, 3.63) is 0 Å². The summed E-state index contributed by atoms with van der Waals surface area (Å²) >= 11 is 0. The van der Waals surface area contributed by atoms with E-state index < -0.39 is 11.9 Å². The van der Waals surface area contributed by atoms with E-state index >= 15 is 0 Å². The van der Waals surface area contributed by atoms with Crippen LogP contribution in [0.5, 0.6) is 0 Å². The lowest BCUT2D eigenvalue weighted by atomic mass is 9.98. The standard InChI is InChI=1S/C10H13NO3/c1-2-3-6-11-7-8(10(13)14)4-5-9(11)12/h8H,4-7H2,1H3,(H,13,14). The van der Waals surface area contributed by atoms with E-state index in [0.717, 1.165) is 0 Å². The quantitative estimate of drug-likeness (QED) is 0.646. The Balaban J connectivity index is 2.58. The van der Waals surface area contributed by atoms with Gasteiger partial charge in [0.05, 0.1) is 12.5 Å². The van der Waals surface area contributed by atoms with Crippen molar-refractivity contribution in [1.82, 2.24) is 4.90 Å². The molecule has 0 aromatic heterocycles. The molecule has 0 aromatic rings. The molecule has 0 aliphatic carbocycles. The van der Waals surface area contributed by atoms with E-state index in [2.05, 4.69) is 11.8 Å². The zero-order chi connectivity index (χ0) is 10.6. The van der Waals surface area contributed by atoms with Crippen LogP contribution in [0.1, 0.15) is 19.8 Å². The van der Waals surface area contributed by atoms with Gasteiger partial charge in [-0.15, -0.1) is 5.92 Å². The third-order valence-electron chi connectivity index (χ3n) is 2.30. The fourth-order valence-corrected chi connectivity index (χ4v) is 1.44. The van der Waals surface area contributed by atoms with Gasteiger partial charge in [-0.25, -0.2) is 0 Å². The lowest BCUT2D eigenvalue weighted by molar-refractivity contribution is -0.147. The van der Waals surface area contributed by atoms with Gasteiger partial charge in [-0.3, -0.25) is 9.59 Å². The molecule has 0 radical (unpaired) electrons. The van der Waals surface area contributed by atoms with Crippen molar-refractivity contribution in [3.63, 3.8) is 0 Å². The minimum absolute atomic E-state index is 0.00486. The second kappa shape index (κ2) is 4.66. The first-order chi connectivity index (χ1) is 6.65. The highest BCUT2D eigenvalue weighted by molar-refractivity contribution is 5.80. The summed E-state index contributed by atoms with van der Waals surface area (Å²) in [5.74, 6) is 4.21. The maximum Gasteiger partial charge on any atom is 0.308 e. The summed E-state index contributed by atoms with van der Waals surface area (Å²) in [5, 5.41) is 8.79. The minimum atomic E-state index is -0.827. The molecule has 1 fully saturated rings. The molecule has 4 heteroatoms. The summed E-state index contributed by atoms with van der Waals surface area (Å²) in [6, 6.07) is 0. The number of hydrogen-bond donors (Lipinski definition) is 1. The Morgan fingerprint density at radius 3 is 3.00 bits per heavy atom. The first-order valence-corrected chi connectivity index (χ1v) is 4.55. The molecule has 1 aliphatic rings. The minimum Gasteiger partial charge on any atom is -0.481 e. The Bertz CT molecular complexity index is 300. The number of hydrogen-bond acceptors (Lipinski definition) is 2. The lowest BCUT2D eigenvalue weighted by Crippen LogP contribution is -2.42. The molecular formula is C10H13NO3. The molecule has 76 valence electrons. The topological polar surface area (TPSA) is 57.6 Å². The highest BCUT2D eigenvalue weighted by Gasteiger charge is 2.29. The SMILES string of the molecule is CC#CCN1CC(C(=O)O)CCC1=O. The summed E-state index contributed by atoms with van der Waals surface area (Å²) in [6.07, 6.45) is 0.770. The van der Waals surface area contributed by atoms with Gasteiger partial charge in [0.2, 0.25) is 5.91 Å². The highest BCUT2D eigenvalue weighted by Crippen LogP contribution is 2.17. The van der Waals surface area contributed by atoms with Gasteiger partial charge in [0.1, 0.15) is 0 Å². The van der Waals surface area contributed by atoms with Crippen LogP contribution in [-0.4, -0.2) is 35.0 Å². The number of rotatable bonds is 2. The fourth-order valence-electron chi connectivity index (χ4n) is 1.44. The number of aliphatic carboxylic acids is 1. The van der Waals surface area contributed by atoms with Gasteiger partial charge in [0.25, 0.3) is 0 Å². The van der Waals surface area contributed by atoms with Crippen LogP contribution in [0.25, 0.3) is 0 Å². The first kappa shape index (κ1) is 10.6. The number of nitrogens with zero attached hydrogens (tertiary/aromatic N) is 1. The van der Waals surface area contributed by atoms with Crippen molar-refractivity contribution in [2.75, 3.05) is 13.1 Å². The summed E-state index contributed by atoms with van der Waals surface area (Å²) in [4.78, 5) is 23.6. The summed E-state index contributed by atoms with van der Waals surface area (Å²) in [7, 11) is 0. The van der Waals surface area contributed by atoms with Crippen molar-refractivity contribution in [1.29, 1.82) is 0 Å². The van der Waals surface area contributed by atoms with Crippen molar-refractivity contribution in [2.45, 2.75) is 19.8 Å². The first-order valence-electron chi connectivity index (χ1n) is 4.55. The van der Waals surface area contributed by atoms with Crippen molar-refractivity contribution in [3.8, 4) is 11.8 Å². The van der Waals surface area contributed by atoms with Crippen LogP contribution < -0.4 is 0 Å². The average Bonchev–Trinajstić information content (AvgIpc) is 2.16. The second-order valence-electron chi connectivity index (χ2n) is 3.27. The van der Waals surface area contributed by atoms with E-state index in [9.17, 15) is 9.59 Å². The molecule has 1 N–H and O–H groups in total. The molecule has 1 atom stereocenters. The molecule has 1 saturated heterocycles. The molecule has 0 aromatic carbocycles. The molecule has 4 nitrogen and oxygen atoms in total. The van der Waals surface area contributed by atoms with Gasteiger partial charge in [0.15, 0.2) is 0 Å². The third-order valence-corrected chi connectivity index (χ3v) is 2.30. The predicted molar refractivity (Wildman–Crippen MR) is 50.4 cm³/mol. The van der Waals surface area contributed by atoms with Gasteiger partial charge in [0, 0.05) is 13.0 Å². The van der Waals surface area contributed by atoms with Crippen LogP contribution >= 0.6 is 0 Å². The Morgan fingerprint density at radius 2 is 2.43 bits per heavy atom. The van der Waals surface area contributed by atoms with Crippen LogP contribution in [0.2, 0.25) is 0 Å². The van der Waals surface area contributed by atoms with Crippen LogP contribution in [0.3, 0.4) is 0 Å². The van der Waals surface area contributed by atoms with Gasteiger partial charge in [-0.05, 0) is 13.3 Å². The molecule has 14 heavy (non-hydrogen) atoms. The molecule has 1 aliphatic heterocycles. The number of carboxylic acids is 1. The van der Waals surface area contributed by atoms with E-state index in [-0.39, 0.29) is 5.91 Å². The largest absolute Gasteiger partial charge is 0.481 e. The molecule has 0 saturated carbocycles. The second-order valence-corrected chi connectivity index (χ2v) is 3.27. The molecule has 1 rings (SSSR count). The number of piperidine rings is 1. The van der Waals surface area contributed by atoms with E-state index in [1.54, 1.807) is 6.92 Å². The summed E-state index contributed by atoms with van der Waals surface area (Å²) in [6.45, 7) is 2.34. The van der Waals surface area contributed by atoms with Crippen molar-refractivity contribution < 1.29 is 14.7 Å². The van der Waals surface area contributed by atoms with Crippen molar-refractivity contribution in [2.24, 2.45) is 5.92 Å². The summed E-state index contributed by atoms with van der Waals surface area (Å²) in [5.41, 5.74) is 0. The Hall–Kier alpha value is -1.50. The highest BCUT2D eigenvalue weighted by atomic mass is 16.4. The van der Waals surface area contributed by atoms with E-state index in [1.807, 2.05) is 0 Å². The van der Waals surface area contributed by atoms with Gasteiger partial charge in [-0.1, -0.05) is 5.92 Å². The van der Waals surface area contributed by atoms with E-state index in [1.165, 1.54) is 4.90 Å². The molecule has 1 unspecified atom stereocenters. The number of carbonyl (C=O) groups is 2. The van der Waals surface area contributed by atoms with Gasteiger partial charge < -0.3 is 10.0 Å². The van der Waals surface area contributed by atoms with Crippen LogP contribution in [0.4, 0.5) is 0 Å². The molecule has 0 spiro atoms. The number of amides is 1. The van der Waals surface area contributed by atoms with E-state index in [4.69, 9.17) is 5.11 Å². The van der Waals surface area contributed by atoms with Crippen LogP contribution in [0, 0.1) is 17.8 Å². The number of carboxylic acid groups (broad SMARTS) is 1. The Kier molecular flexibility index (Phi) is 3.52. The third kappa shape index (κ3) is 2.49. The molecular weight excluding hydrogens is 182 g/mol. The maximum atomic E-state index is 11.3. The van der Waals surface area contributed by atoms with Gasteiger partial charge in [-0.2, -0.15) is 0 Å². The normalized spacial score (nSPS) is 21.4. The average molecular weight is 195 g/mol. The Labute approximate surface area is 82.9 Å². The number of carbonyl (C=O) groups excluding carboxylic acids is 1. The monoisotopic (exact) mass is 195 g/mol. The smallest absolute Gasteiger partial charge is 0.308 e. The van der Waals surface area contributed by atoms with Crippen LogP contribution in [-0.2, 0) is 9.59 Å².